The molecule has 82 valence electrons. The number of halogens is 4. The summed E-state index contributed by atoms with van der Waals surface area (Å²) in [5.41, 5.74) is -1.98. The summed E-state index contributed by atoms with van der Waals surface area (Å²) in [6.45, 7) is 0. The number of rotatable bonds is 3. The summed E-state index contributed by atoms with van der Waals surface area (Å²) in [5, 5.41) is 8.47. The van der Waals surface area contributed by atoms with Crippen LogP contribution in [-0.4, -0.2) is 16.1 Å². The second-order valence-electron chi connectivity index (χ2n) is 2.61. The first-order chi connectivity index (χ1) is 6.97. The standard InChI is InChI=1S/C8H5ClF3NO2/c9-2-4-3(6(10)11)1-5(8(14)15)13-7(4)12/h1,6H,2H2,(H,14,15). The third-order valence-electron chi connectivity index (χ3n) is 1.70. The number of carboxylic acid groups (broad SMARTS) is 1. The number of aromatic nitrogens is 1. The quantitative estimate of drug-likeness (QED) is 0.652. The molecule has 0 spiro atoms. The molecule has 0 aromatic carbocycles. The van der Waals surface area contributed by atoms with Crippen molar-refractivity contribution >= 4 is 17.6 Å². The largest absolute Gasteiger partial charge is 0.477 e. The lowest BCUT2D eigenvalue weighted by Crippen LogP contribution is -2.08. The molecule has 0 aliphatic carbocycles. The predicted octanol–water partition coefficient (Wildman–Crippen LogP) is 2.60. The summed E-state index contributed by atoms with van der Waals surface area (Å²) in [7, 11) is 0. The van der Waals surface area contributed by atoms with E-state index in [0.29, 0.717) is 6.07 Å². The highest BCUT2D eigenvalue weighted by Gasteiger charge is 2.20. The number of nitrogens with zero attached hydrogens (tertiary/aromatic N) is 1. The minimum Gasteiger partial charge on any atom is -0.477 e. The number of carboxylic acids is 1. The van der Waals surface area contributed by atoms with E-state index in [0.717, 1.165) is 0 Å². The third kappa shape index (κ3) is 2.38. The molecular formula is C8H5ClF3NO2. The van der Waals surface area contributed by atoms with Crippen LogP contribution in [0.25, 0.3) is 0 Å². The summed E-state index contributed by atoms with van der Waals surface area (Å²) in [6.07, 6.45) is -2.99. The first kappa shape index (κ1) is 11.8. The van der Waals surface area contributed by atoms with Crippen molar-refractivity contribution < 1.29 is 23.1 Å². The monoisotopic (exact) mass is 239 g/mol. The van der Waals surface area contributed by atoms with E-state index < -0.39 is 41.0 Å². The molecule has 3 nitrogen and oxygen atoms in total. The molecule has 1 aromatic rings. The average molecular weight is 240 g/mol. The van der Waals surface area contributed by atoms with E-state index in [1.54, 1.807) is 0 Å². The molecule has 0 aliphatic heterocycles. The van der Waals surface area contributed by atoms with E-state index in [-0.39, 0.29) is 0 Å². The van der Waals surface area contributed by atoms with Crippen LogP contribution in [-0.2, 0) is 5.88 Å². The van der Waals surface area contributed by atoms with Crippen molar-refractivity contribution in [3.63, 3.8) is 0 Å². The van der Waals surface area contributed by atoms with Crippen LogP contribution in [0.5, 0.6) is 0 Å². The lowest BCUT2D eigenvalue weighted by atomic mass is 10.1. The molecule has 0 fully saturated rings. The summed E-state index contributed by atoms with van der Waals surface area (Å²) < 4.78 is 37.8. The molecule has 0 saturated heterocycles. The van der Waals surface area contributed by atoms with Crippen LogP contribution in [0.2, 0.25) is 0 Å². The van der Waals surface area contributed by atoms with Gasteiger partial charge in [0.25, 0.3) is 6.43 Å². The highest BCUT2D eigenvalue weighted by Crippen LogP contribution is 2.26. The van der Waals surface area contributed by atoms with Gasteiger partial charge in [-0.25, -0.2) is 18.6 Å². The number of alkyl halides is 3. The molecule has 0 unspecified atom stereocenters. The Balaban J connectivity index is 3.38. The smallest absolute Gasteiger partial charge is 0.354 e. The Hall–Kier alpha value is -1.30. The minimum atomic E-state index is -2.99. The van der Waals surface area contributed by atoms with Crippen LogP contribution in [0.4, 0.5) is 13.2 Å². The first-order valence-electron chi connectivity index (χ1n) is 3.74. The van der Waals surface area contributed by atoms with Gasteiger partial charge in [0.15, 0.2) is 5.69 Å². The van der Waals surface area contributed by atoms with Crippen LogP contribution in [0, 0.1) is 5.95 Å². The van der Waals surface area contributed by atoms with E-state index in [4.69, 9.17) is 16.7 Å². The molecule has 0 radical (unpaired) electrons. The van der Waals surface area contributed by atoms with Gasteiger partial charge in [-0.3, -0.25) is 0 Å². The van der Waals surface area contributed by atoms with Crippen molar-refractivity contribution in [3.8, 4) is 0 Å². The molecule has 0 atom stereocenters. The summed E-state index contributed by atoms with van der Waals surface area (Å²) in [6, 6.07) is 0.619. The van der Waals surface area contributed by atoms with Crippen LogP contribution in [0.3, 0.4) is 0 Å². The van der Waals surface area contributed by atoms with Crippen LogP contribution < -0.4 is 0 Å². The Morgan fingerprint density at radius 2 is 2.20 bits per heavy atom. The zero-order chi connectivity index (χ0) is 11.6. The van der Waals surface area contributed by atoms with E-state index in [1.807, 2.05) is 0 Å². The molecule has 1 rings (SSSR count). The SMILES string of the molecule is O=C(O)c1cc(C(F)F)c(CCl)c(F)n1. The third-order valence-corrected chi connectivity index (χ3v) is 1.96. The van der Waals surface area contributed by atoms with Gasteiger partial charge in [0.1, 0.15) is 0 Å². The van der Waals surface area contributed by atoms with Gasteiger partial charge in [0.05, 0.1) is 5.88 Å². The molecule has 0 bridgehead atoms. The van der Waals surface area contributed by atoms with E-state index >= 15 is 0 Å². The topological polar surface area (TPSA) is 50.2 Å². The van der Waals surface area contributed by atoms with Gasteiger partial charge in [-0.2, -0.15) is 4.39 Å². The fourth-order valence-electron chi connectivity index (χ4n) is 0.996. The van der Waals surface area contributed by atoms with Crippen molar-refractivity contribution in [2.75, 3.05) is 0 Å². The van der Waals surface area contributed by atoms with Gasteiger partial charge < -0.3 is 5.11 Å². The predicted molar refractivity (Wildman–Crippen MR) is 45.7 cm³/mol. The minimum absolute atomic E-state index is 0.475. The molecule has 7 heteroatoms. The molecule has 1 N–H and O–H groups in total. The van der Waals surface area contributed by atoms with Crippen LogP contribution >= 0.6 is 11.6 Å². The van der Waals surface area contributed by atoms with E-state index in [9.17, 15) is 18.0 Å². The van der Waals surface area contributed by atoms with Gasteiger partial charge in [0.2, 0.25) is 5.95 Å². The Bertz CT molecular complexity index is 398. The lowest BCUT2D eigenvalue weighted by Gasteiger charge is -2.07. The Morgan fingerprint density at radius 3 is 2.60 bits per heavy atom. The number of aromatic carboxylic acids is 1. The summed E-state index contributed by atoms with van der Waals surface area (Å²) in [5.74, 6) is -3.34. The van der Waals surface area contributed by atoms with Gasteiger partial charge in [-0.15, -0.1) is 11.6 Å². The summed E-state index contributed by atoms with van der Waals surface area (Å²) in [4.78, 5) is 13.4. The van der Waals surface area contributed by atoms with Gasteiger partial charge >= 0.3 is 5.97 Å². The number of carbonyl (C=O) groups is 1. The Morgan fingerprint density at radius 1 is 1.60 bits per heavy atom. The fraction of sp³-hybridized carbons (Fsp3) is 0.250. The maximum atomic E-state index is 13.0. The average Bonchev–Trinajstić information content (AvgIpc) is 2.16. The van der Waals surface area contributed by atoms with Crippen LogP contribution in [0.1, 0.15) is 28.0 Å². The second-order valence-corrected chi connectivity index (χ2v) is 2.87. The van der Waals surface area contributed by atoms with Crippen LogP contribution in [0.15, 0.2) is 6.07 Å². The molecule has 15 heavy (non-hydrogen) atoms. The van der Waals surface area contributed by atoms with Gasteiger partial charge in [-0.1, -0.05) is 0 Å². The Kier molecular flexibility index (Phi) is 3.52. The van der Waals surface area contributed by atoms with E-state index in [1.165, 1.54) is 0 Å². The first-order valence-corrected chi connectivity index (χ1v) is 4.27. The summed E-state index contributed by atoms with van der Waals surface area (Å²) >= 11 is 5.25. The highest BCUT2D eigenvalue weighted by atomic mass is 35.5. The maximum Gasteiger partial charge on any atom is 0.354 e. The van der Waals surface area contributed by atoms with Crippen molar-refractivity contribution in [2.45, 2.75) is 12.3 Å². The highest BCUT2D eigenvalue weighted by molar-refractivity contribution is 6.17. The second kappa shape index (κ2) is 4.48. The van der Waals surface area contributed by atoms with Crippen molar-refractivity contribution in [2.24, 2.45) is 0 Å². The number of pyridine rings is 1. The maximum absolute atomic E-state index is 13.0. The molecule has 0 aliphatic rings. The molecule has 1 aromatic heterocycles. The number of hydrogen-bond acceptors (Lipinski definition) is 2. The molecule has 0 saturated carbocycles. The normalized spacial score (nSPS) is 10.7. The molecule has 1 heterocycles. The number of hydrogen-bond donors (Lipinski definition) is 1. The van der Waals surface area contributed by atoms with E-state index in [2.05, 4.69) is 4.98 Å². The lowest BCUT2D eigenvalue weighted by molar-refractivity contribution is 0.0688. The van der Waals surface area contributed by atoms with Gasteiger partial charge in [0, 0.05) is 11.1 Å². The van der Waals surface area contributed by atoms with Crippen molar-refractivity contribution in [1.29, 1.82) is 0 Å². The van der Waals surface area contributed by atoms with Crippen molar-refractivity contribution in [1.82, 2.24) is 4.98 Å². The van der Waals surface area contributed by atoms with Gasteiger partial charge in [-0.05, 0) is 6.07 Å². The Labute approximate surface area is 87.5 Å². The zero-order valence-corrected chi connectivity index (χ0v) is 7.93. The molecular weight excluding hydrogens is 235 g/mol. The fourth-order valence-corrected chi connectivity index (χ4v) is 1.26. The molecule has 0 amide bonds. The van der Waals surface area contributed by atoms with Crippen molar-refractivity contribution in [3.05, 3.63) is 28.8 Å². The zero-order valence-electron chi connectivity index (χ0n) is 7.18.